The number of carbonyl (C=O) groups excluding carboxylic acids is 1. The van der Waals surface area contributed by atoms with Crippen LogP contribution in [-0.4, -0.2) is 36.5 Å². The van der Waals surface area contributed by atoms with Crippen LogP contribution in [0.4, 0.5) is 19.0 Å². The number of nitrogens with one attached hydrogen (secondary N) is 1. The van der Waals surface area contributed by atoms with Crippen molar-refractivity contribution in [2.45, 2.75) is 39.0 Å². The van der Waals surface area contributed by atoms with Crippen molar-refractivity contribution in [1.29, 1.82) is 0 Å². The minimum absolute atomic E-state index is 0.0668. The molecule has 0 fully saturated rings. The Labute approximate surface area is 140 Å². The number of amides is 1. The molecule has 136 valence electrons. The van der Waals surface area contributed by atoms with Gasteiger partial charge >= 0.3 is 12.1 Å². The largest absolute Gasteiger partial charge is 0.480 e. The predicted octanol–water partition coefficient (Wildman–Crippen LogP) is 2.19. The Balaban J connectivity index is 2.32. The zero-order chi connectivity index (χ0) is 19.0. The maximum absolute atomic E-state index is 13.4. The minimum Gasteiger partial charge on any atom is -0.480 e. The molecule has 0 radical (unpaired) electrons. The van der Waals surface area contributed by atoms with Gasteiger partial charge in [-0.3, -0.25) is 19.0 Å². The van der Waals surface area contributed by atoms with Crippen molar-refractivity contribution in [3.8, 4) is 0 Å². The summed E-state index contributed by atoms with van der Waals surface area (Å²) < 4.78 is 42.0. The van der Waals surface area contributed by atoms with Crippen LogP contribution in [-0.2, 0) is 23.1 Å². The Morgan fingerprint density at radius 3 is 2.44 bits per heavy atom. The van der Waals surface area contributed by atoms with E-state index in [1.807, 2.05) is 0 Å². The number of nitrogens with zero attached hydrogens (tertiary/aromatic N) is 4. The lowest BCUT2D eigenvalue weighted by atomic mass is 10.1. The fourth-order valence-electron chi connectivity index (χ4n) is 2.13. The Morgan fingerprint density at radius 2 is 1.92 bits per heavy atom. The third-order valence-electron chi connectivity index (χ3n) is 3.10. The first-order chi connectivity index (χ1) is 11.4. The minimum atomic E-state index is -4.78. The lowest BCUT2D eigenvalue weighted by Crippen LogP contribution is -2.30. The fourth-order valence-corrected chi connectivity index (χ4v) is 2.13. The van der Waals surface area contributed by atoms with Crippen molar-refractivity contribution in [2.24, 2.45) is 0 Å². The fraction of sp³-hybridized carbons (Fsp3) is 0.429. The number of anilines is 1. The normalized spacial score (nSPS) is 12.2. The van der Waals surface area contributed by atoms with E-state index in [1.54, 1.807) is 0 Å². The number of carboxylic acids is 1. The standard InChI is InChI=1S/C14H16F3N5O3/c1-13(2,3)22-11(14(15,16)17)8(6-18-22)12(25)19-9-4-5-21(20-9)7-10(23)24/h4-6H,7H2,1-3H3,(H,23,24)(H,19,20,25). The highest BCUT2D eigenvalue weighted by Crippen LogP contribution is 2.35. The Morgan fingerprint density at radius 1 is 1.28 bits per heavy atom. The smallest absolute Gasteiger partial charge is 0.433 e. The highest BCUT2D eigenvalue weighted by molar-refractivity contribution is 6.04. The number of hydrogen-bond acceptors (Lipinski definition) is 4. The molecule has 0 aliphatic carbocycles. The van der Waals surface area contributed by atoms with Crippen molar-refractivity contribution < 1.29 is 27.9 Å². The topological polar surface area (TPSA) is 102 Å². The summed E-state index contributed by atoms with van der Waals surface area (Å²) in [6.07, 6.45) is -2.65. The molecule has 0 aromatic carbocycles. The summed E-state index contributed by atoms with van der Waals surface area (Å²) in [4.78, 5) is 22.8. The van der Waals surface area contributed by atoms with Gasteiger partial charge in [0, 0.05) is 12.3 Å². The molecule has 11 heteroatoms. The van der Waals surface area contributed by atoms with E-state index in [4.69, 9.17) is 5.11 Å². The Hall–Kier alpha value is -2.85. The Kier molecular flexibility index (Phi) is 4.60. The number of alkyl halides is 3. The van der Waals surface area contributed by atoms with Gasteiger partial charge in [0.15, 0.2) is 11.5 Å². The molecule has 2 rings (SSSR count). The summed E-state index contributed by atoms with van der Waals surface area (Å²) in [5, 5.41) is 18.3. The van der Waals surface area contributed by atoms with Crippen LogP contribution >= 0.6 is 0 Å². The lowest BCUT2D eigenvalue weighted by molar-refractivity contribution is -0.146. The zero-order valence-electron chi connectivity index (χ0n) is 13.6. The van der Waals surface area contributed by atoms with Gasteiger partial charge in [0.05, 0.1) is 17.3 Å². The number of halogens is 3. The molecule has 0 saturated heterocycles. The molecule has 2 aromatic heterocycles. The second kappa shape index (κ2) is 6.22. The lowest BCUT2D eigenvalue weighted by Gasteiger charge is -2.23. The van der Waals surface area contributed by atoms with Gasteiger partial charge in [0.25, 0.3) is 5.91 Å². The van der Waals surface area contributed by atoms with Gasteiger partial charge in [-0.1, -0.05) is 0 Å². The van der Waals surface area contributed by atoms with Crippen LogP contribution in [0, 0.1) is 0 Å². The summed E-state index contributed by atoms with van der Waals surface area (Å²) in [5.41, 5.74) is -2.79. The number of rotatable bonds is 4. The van der Waals surface area contributed by atoms with E-state index in [-0.39, 0.29) is 5.82 Å². The third-order valence-corrected chi connectivity index (χ3v) is 3.10. The molecule has 8 nitrogen and oxygen atoms in total. The molecule has 0 aliphatic heterocycles. The van der Waals surface area contributed by atoms with Crippen molar-refractivity contribution in [2.75, 3.05) is 5.32 Å². The van der Waals surface area contributed by atoms with Gasteiger partial charge in [-0.15, -0.1) is 0 Å². The van der Waals surface area contributed by atoms with Crippen molar-refractivity contribution in [3.63, 3.8) is 0 Å². The molecule has 1 amide bonds. The third kappa shape index (κ3) is 4.17. The van der Waals surface area contributed by atoms with Crippen LogP contribution in [0.1, 0.15) is 36.8 Å². The van der Waals surface area contributed by atoms with E-state index >= 15 is 0 Å². The molecule has 2 aromatic rings. The second-order valence-electron chi connectivity index (χ2n) is 6.23. The molecule has 0 unspecified atom stereocenters. The monoisotopic (exact) mass is 359 g/mol. The highest BCUT2D eigenvalue weighted by atomic mass is 19.4. The van der Waals surface area contributed by atoms with Gasteiger partial charge in [-0.05, 0) is 20.8 Å². The summed E-state index contributed by atoms with van der Waals surface area (Å²) in [6, 6.07) is 1.28. The summed E-state index contributed by atoms with van der Waals surface area (Å²) in [6.45, 7) is 4.16. The van der Waals surface area contributed by atoms with Gasteiger partial charge < -0.3 is 10.4 Å². The van der Waals surface area contributed by atoms with Crippen LogP contribution in [0.15, 0.2) is 18.5 Å². The van der Waals surface area contributed by atoms with E-state index in [0.29, 0.717) is 0 Å². The summed E-state index contributed by atoms with van der Waals surface area (Å²) >= 11 is 0. The van der Waals surface area contributed by atoms with Crippen LogP contribution in [0.25, 0.3) is 0 Å². The SMILES string of the molecule is CC(C)(C)n1ncc(C(=O)Nc2ccn(CC(=O)O)n2)c1C(F)(F)F. The first kappa shape index (κ1) is 18.5. The van der Waals surface area contributed by atoms with E-state index in [2.05, 4.69) is 15.5 Å². The molecule has 0 aliphatic rings. The molecular weight excluding hydrogens is 343 g/mol. The molecule has 0 bridgehead atoms. The predicted molar refractivity (Wildman–Crippen MR) is 80.0 cm³/mol. The quantitative estimate of drug-likeness (QED) is 0.871. The zero-order valence-corrected chi connectivity index (χ0v) is 13.6. The van der Waals surface area contributed by atoms with Gasteiger partial charge in [0.2, 0.25) is 0 Å². The van der Waals surface area contributed by atoms with Crippen molar-refractivity contribution in [1.82, 2.24) is 19.6 Å². The maximum atomic E-state index is 13.4. The van der Waals surface area contributed by atoms with Crippen LogP contribution in [0.5, 0.6) is 0 Å². The van der Waals surface area contributed by atoms with Crippen LogP contribution in [0.3, 0.4) is 0 Å². The molecule has 0 atom stereocenters. The van der Waals surface area contributed by atoms with E-state index in [9.17, 15) is 22.8 Å². The molecule has 0 spiro atoms. The van der Waals surface area contributed by atoms with E-state index in [1.165, 1.54) is 33.0 Å². The maximum Gasteiger partial charge on any atom is 0.433 e. The molecular formula is C14H16F3N5O3. The average Bonchev–Trinajstić information content (AvgIpc) is 3.03. The Bertz CT molecular complexity index is 801. The van der Waals surface area contributed by atoms with E-state index < -0.39 is 41.4 Å². The van der Waals surface area contributed by atoms with Crippen LogP contribution in [0.2, 0.25) is 0 Å². The number of hydrogen-bond donors (Lipinski definition) is 2. The number of aromatic nitrogens is 4. The second-order valence-corrected chi connectivity index (χ2v) is 6.23. The van der Waals surface area contributed by atoms with Crippen LogP contribution < -0.4 is 5.32 Å². The number of carboxylic acid groups (broad SMARTS) is 1. The number of carbonyl (C=O) groups is 2. The van der Waals surface area contributed by atoms with Crippen molar-refractivity contribution >= 4 is 17.7 Å². The van der Waals surface area contributed by atoms with Gasteiger partial charge in [0.1, 0.15) is 6.54 Å². The molecule has 0 saturated carbocycles. The highest BCUT2D eigenvalue weighted by Gasteiger charge is 2.42. The molecule has 2 N–H and O–H groups in total. The summed E-state index contributed by atoms with van der Waals surface area (Å²) in [7, 11) is 0. The van der Waals surface area contributed by atoms with Crippen molar-refractivity contribution in [3.05, 3.63) is 29.7 Å². The first-order valence-electron chi connectivity index (χ1n) is 7.12. The molecule has 2 heterocycles. The molecule has 25 heavy (non-hydrogen) atoms. The van der Waals surface area contributed by atoms with E-state index in [0.717, 1.165) is 15.6 Å². The van der Waals surface area contributed by atoms with Gasteiger partial charge in [-0.2, -0.15) is 23.4 Å². The summed E-state index contributed by atoms with van der Waals surface area (Å²) in [5.74, 6) is -2.25. The average molecular weight is 359 g/mol. The first-order valence-corrected chi connectivity index (χ1v) is 7.12. The van der Waals surface area contributed by atoms with Gasteiger partial charge in [-0.25, -0.2) is 0 Å². The number of aliphatic carboxylic acids is 1.